The van der Waals surface area contributed by atoms with Crippen LogP contribution in [0.4, 0.5) is 4.39 Å². The van der Waals surface area contributed by atoms with Crippen LogP contribution >= 0.6 is 0 Å². The van der Waals surface area contributed by atoms with E-state index in [1.165, 1.54) is 18.9 Å². The van der Waals surface area contributed by atoms with Gasteiger partial charge in [0.05, 0.1) is 18.8 Å². The van der Waals surface area contributed by atoms with Gasteiger partial charge in [-0.1, -0.05) is 19.4 Å². The van der Waals surface area contributed by atoms with Gasteiger partial charge in [-0.15, -0.1) is 0 Å². The third-order valence-electron chi connectivity index (χ3n) is 5.43. The molecule has 1 heterocycles. The van der Waals surface area contributed by atoms with Crippen molar-refractivity contribution in [3.05, 3.63) is 35.1 Å². The normalized spacial score (nSPS) is 30.7. The summed E-state index contributed by atoms with van der Waals surface area (Å²) in [5, 5.41) is 8.83. The number of ether oxygens (including phenoxy) is 2. The van der Waals surface area contributed by atoms with Crippen molar-refractivity contribution in [1.29, 1.82) is 5.26 Å². The molecule has 1 aliphatic carbocycles. The quantitative estimate of drug-likeness (QED) is 0.799. The maximum absolute atomic E-state index is 13.8. The minimum atomic E-state index is -0.405. The van der Waals surface area contributed by atoms with Crippen molar-refractivity contribution in [3.8, 4) is 6.07 Å². The fourth-order valence-electron chi connectivity index (χ4n) is 4.01. The lowest BCUT2D eigenvalue weighted by atomic mass is 9.78. The summed E-state index contributed by atoms with van der Waals surface area (Å²) in [5.74, 6) is 0.967. The molecule has 0 unspecified atom stereocenters. The number of rotatable bonds is 4. The van der Waals surface area contributed by atoms with E-state index in [0.29, 0.717) is 17.8 Å². The molecule has 1 saturated carbocycles. The van der Waals surface area contributed by atoms with Crippen LogP contribution in [0, 0.1) is 29.0 Å². The number of hydrogen-bond acceptors (Lipinski definition) is 3. The molecule has 0 spiro atoms. The van der Waals surface area contributed by atoms with E-state index in [4.69, 9.17) is 14.7 Å². The molecule has 2 fully saturated rings. The first-order chi connectivity index (χ1) is 11.7. The molecule has 24 heavy (non-hydrogen) atoms. The second-order valence-corrected chi connectivity index (χ2v) is 7.15. The van der Waals surface area contributed by atoms with Crippen LogP contribution in [0.2, 0.25) is 0 Å². The van der Waals surface area contributed by atoms with Crippen LogP contribution in [-0.2, 0) is 9.47 Å². The standard InChI is InChI=1S/C20H26FNO2/c1-2-3-14-12-23-20(24-13-14)16-6-4-15(5-7-16)17-8-9-18(11-22)19(21)10-17/h8-10,14-16,20H,2-7,12-13H2,1H3/t14?,15-,16-,20?. The predicted molar refractivity (Wildman–Crippen MR) is 89.9 cm³/mol. The molecule has 0 bridgehead atoms. The molecule has 130 valence electrons. The molecule has 0 atom stereocenters. The van der Waals surface area contributed by atoms with Crippen LogP contribution in [0.3, 0.4) is 0 Å². The summed E-state index contributed by atoms with van der Waals surface area (Å²) in [6, 6.07) is 6.91. The molecule has 1 aromatic rings. The van der Waals surface area contributed by atoms with Gasteiger partial charge in [0.1, 0.15) is 11.9 Å². The van der Waals surface area contributed by atoms with Gasteiger partial charge in [-0.05, 0) is 55.7 Å². The highest BCUT2D eigenvalue weighted by Crippen LogP contribution is 2.39. The van der Waals surface area contributed by atoms with Crippen molar-refractivity contribution in [2.75, 3.05) is 13.2 Å². The number of benzene rings is 1. The fraction of sp³-hybridized carbons (Fsp3) is 0.650. The lowest BCUT2D eigenvalue weighted by Crippen LogP contribution is -2.38. The highest BCUT2D eigenvalue weighted by Gasteiger charge is 2.32. The summed E-state index contributed by atoms with van der Waals surface area (Å²) in [4.78, 5) is 0. The number of hydrogen-bond donors (Lipinski definition) is 0. The van der Waals surface area contributed by atoms with Crippen molar-refractivity contribution >= 4 is 0 Å². The SMILES string of the molecule is CCCC1COC([C@H]2CC[C@H](c3ccc(C#N)c(F)c3)CC2)OC1. The van der Waals surface area contributed by atoms with Crippen molar-refractivity contribution in [2.45, 2.75) is 57.7 Å². The van der Waals surface area contributed by atoms with Gasteiger partial charge in [0.2, 0.25) is 0 Å². The second kappa shape index (κ2) is 8.09. The zero-order valence-electron chi connectivity index (χ0n) is 14.3. The van der Waals surface area contributed by atoms with Crippen LogP contribution in [0.5, 0.6) is 0 Å². The largest absolute Gasteiger partial charge is 0.352 e. The predicted octanol–water partition coefficient (Wildman–Crippen LogP) is 4.76. The molecule has 0 aromatic heterocycles. The van der Waals surface area contributed by atoms with E-state index < -0.39 is 5.82 Å². The third-order valence-corrected chi connectivity index (χ3v) is 5.43. The molecule has 1 aromatic carbocycles. The minimum absolute atomic E-state index is 0.0586. The maximum Gasteiger partial charge on any atom is 0.160 e. The summed E-state index contributed by atoms with van der Waals surface area (Å²) >= 11 is 0. The molecule has 2 aliphatic rings. The lowest BCUT2D eigenvalue weighted by Gasteiger charge is -2.37. The van der Waals surface area contributed by atoms with Crippen molar-refractivity contribution in [3.63, 3.8) is 0 Å². The molecule has 0 radical (unpaired) electrons. The van der Waals surface area contributed by atoms with Gasteiger partial charge in [0.25, 0.3) is 0 Å². The van der Waals surface area contributed by atoms with E-state index >= 15 is 0 Å². The van der Waals surface area contributed by atoms with Gasteiger partial charge in [-0.3, -0.25) is 0 Å². The smallest absolute Gasteiger partial charge is 0.160 e. The Labute approximate surface area is 143 Å². The van der Waals surface area contributed by atoms with Gasteiger partial charge in [0, 0.05) is 11.8 Å². The van der Waals surface area contributed by atoms with Gasteiger partial charge >= 0.3 is 0 Å². The molecule has 4 heteroatoms. The average Bonchev–Trinajstić information content (AvgIpc) is 2.63. The van der Waals surface area contributed by atoms with Crippen molar-refractivity contribution in [1.82, 2.24) is 0 Å². The first-order valence-corrected chi connectivity index (χ1v) is 9.14. The summed E-state index contributed by atoms with van der Waals surface area (Å²) in [6.07, 6.45) is 6.44. The zero-order valence-corrected chi connectivity index (χ0v) is 14.3. The van der Waals surface area contributed by atoms with Crippen molar-refractivity contribution < 1.29 is 13.9 Å². The van der Waals surface area contributed by atoms with Gasteiger partial charge < -0.3 is 9.47 Å². The topological polar surface area (TPSA) is 42.2 Å². The number of nitrogens with zero attached hydrogens (tertiary/aromatic N) is 1. The second-order valence-electron chi connectivity index (χ2n) is 7.15. The van der Waals surface area contributed by atoms with Crippen LogP contribution in [-0.4, -0.2) is 19.5 Å². The summed E-state index contributed by atoms with van der Waals surface area (Å²) < 4.78 is 25.7. The third kappa shape index (κ3) is 3.96. The van der Waals surface area contributed by atoms with Crippen LogP contribution in [0.1, 0.15) is 62.5 Å². The summed E-state index contributed by atoms with van der Waals surface area (Å²) in [6.45, 7) is 3.83. The van der Waals surface area contributed by atoms with E-state index in [-0.39, 0.29) is 11.9 Å². The monoisotopic (exact) mass is 331 g/mol. The average molecular weight is 331 g/mol. The Kier molecular flexibility index (Phi) is 5.86. The molecule has 3 rings (SSSR count). The van der Waals surface area contributed by atoms with E-state index in [1.54, 1.807) is 6.07 Å². The first kappa shape index (κ1) is 17.4. The molecule has 0 N–H and O–H groups in total. The Morgan fingerprint density at radius 3 is 2.46 bits per heavy atom. The van der Waals surface area contributed by atoms with E-state index in [9.17, 15) is 4.39 Å². The Hall–Kier alpha value is -1.44. The van der Waals surface area contributed by atoms with E-state index in [0.717, 1.165) is 44.5 Å². The fourth-order valence-corrected chi connectivity index (χ4v) is 4.01. The molecule has 1 aliphatic heterocycles. The maximum atomic E-state index is 13.8. The van der Waals surface area contributed by atoms with E-state index in [2.05, 4.69) is 6.92 Å². The van der Waals surface area contributed by atoms with Gasteiger partial charge in [-0.25, -0.2) is 4.39 Å². The van der Waals surface area contributed by atoms with E-state index in [1.807, 2.05) is 12.1 Å². The summed E-state index contributed by atoms with van der Waals surface area (Å²) in [5.41, 5.74) is 1.14. The Balaban J connectivity index is 1.51. The Morgan fingerprint density at radius 2 is 1.88 bits per heavy atom. The van der Waals surface area contributed by atoms with Crippen LogP contribution < -0.4 is 0 Å². The molecule has 0 amide bonds. The number of nitriles is 1. The van der Waals surface area contributed by atoms with Crippen molar-refractivity contribution in [2.24, 2.45) is 11.8 Å². The van der Waals surface area contributed by atoms with Crippen LogP contribution in [0.15, 0.2) is 18.2 Å². The minimum Gasteiger partial charge on any atom is -0.352 e. The lowest BCUT2D eigenvalue weighted by molar-refractivity contribution is -0.229. The van der Waals surface area contributed by atoms with Crippen LogP contribution in [0.25, 0.3) is 0 Å². The molecule has 3 nitrogen and oxygen atoms in total. The summed E-state index contributed by atoms with van der Waals surface area (Å²) in [7, 11) is 0. The molecular formula is C20H26FNO2. The Morgan fingerprint density at radius 1 is 1.17 bits per heavy atom. The Bertz CT molecular complexity index is 582. The number of halogens is 1. The highest BCUT2D eigenvalue weighted by molar-refractivity contribution is 5.34. The zero-order chi connectivity index (χ0) is 16.9. The molecule has 1 saturated heterocycles. The highest BCUT2D eigenvalue weighted by atomic mass is 19.1. The molecular weight excluding hydrogens is 305 g/mol. The van der Waals surface area contributed by atoms with Gasteiger partial charge in [-0.2, -0.15) is 5.26 Å². The van der Waals surface area contributed by atoms with Gasteiger partial charge in [0.15, 0.2) is 6.29 Å². The first-order valence-electron chi connectivity index (χ1n) is 9.14.